The van der Waals surface area contributed by atoms with E-state index in [0.29, 0.717) is 34.8 Å². The van der Waals surface area contributed by atoms with E-state index in [1.54, 1.807) is 33.5 Å². The van der Waals surface area contributed by atoms with E-state index < -0.39 is 0 Å². The van der Waals surface area contributed by atoms with Gasteiger partial charge in [-0.15, -0.1) is 0 Å². The minimum atomic E-state index is 0.0236. The van der Waals surface area contributed by atoms with Crippen LogP contribution in [0.4, 0.5) is 0 Å². The quantitative estimate of drug-likeness (QED) is 0.839. The maximum absolute atomic E-state index is 12.9. The number of rotatable bonds is 5. The van der Waals surface area contributed by atoms with Gasteiger partial charge in [-0.25, -0.2) is 0 Å². The number of hydrogen-bond acceptors (Lipinski definition) is 4. The molecule has 1 unspecified atom stereocenters. The van der Waals surface area contributed by atoms with Crippen molar-refractivity contribution in [3.8, 4) is 17.2 Å². The van der Waals surface area contributed by atoms with Crippen LogP contribution in [0.2, 0.25) is 0 Å². The Balaban J connectivity index is 2.37. The van der Waals surface area contributed by atoms with Gasteiger partial charge in [0.25, 0.3) is 5.91 Å². The first-order valence-corrected chi connectivity index (χ1v) is 7.64. The number of ether oxygens (including phenoxy) is 3. The van der Waals surface area contributed by atoms with E-state index in [2.05, 4.69) is 13.8 Å². The molecular formula is C17H25NO4. The molecule has 0 aromatic heterocycles. The molecule has 1 aliphatic heterocycles. The predicted molar refractivity (Wildman–Crippen MR) is 85.0 cm³/mol. The Labute approximate surface area is 132 Å². The third-order valence-corrected chi connectivity index (χ3v) is 4.24. The molecule has 2 rings (SSSR count). The number of hydrogen-bond donors (Lipinski definition) is 0. The Morgan fingerprint density at radius 3 is 2.18 bits per heavy atom. The summed E-state index contributed by atoms with van der Waals surface area (Å²) in [5.41, 5.74) is 0.571. The van der Waals surface area contributed by atoms with Gasteiger partial charge in [0, 0.05) is 18.2 Å². The van der Waals surface area contributed by atoms with Gasteiger partial charge < -0.3 is 19.1 Å². The molecule has 1 saturated heterocycles. The first-order valence-electron chi connectivity index (χ1n) is 7.64. The molecule has 1 atom stereocenters. The largest absolute Gasteiger partial charge is 0.493 e. The zero-order valence-electron chi connectivity index (χ0n) is 14.0. The Morgan fingerprint density at radius 2 is 1.73 bits per heavy atom. The van der Waals surface area contributed by atoms with Crippen LogP contribution in [-0.2, 0) is 0 Å². The van der Waals surface area contributed by atoms with Crippen LogP contribution < -0.4 is 14.2 Å². The van der Waals surface area contributed by atoms with Crippen LogP contribution in [0.5, 0.6) is 17.2 Å². The van der Waals surface area contributed by atoms with Crippen LogP contribution >= 0.6 is 0 Å². The van der Waals surface area contributed by atoms with E-state index >= 15 is 0 Å². The van der Waals surface area contributed by atoms with E-state index in [4.69, 9.17) is 14.2 Å². The van der Waals surface area contributed by atoms with Crippen molar-refractivity contribution in [2.24, 2.45) is 5.92 Å². The van der Waals surface area contributed by atoms with Crippen molar-refractivity contribution >= 4 is 5.91 Å². The van der Waals surface area contributed by atoms with Crippen LogP contribution in [0, 0.1) is 5.92 Å². The number of methoxy groups -OCH3 is 3. The zero-order chi connectivity index (χ0) is 16.3. The van der Waals surface area contributed by atoms with Crippen LogP contribution in [0.3, 0.4) is 0 Å². The summed E-state index contributed by atoms with van der Waals surface area (Å²) in [7, 11) is 4.66. The van der Waals surface area contributed by atoms with Crippen molar-refractivity contribution in [3.63, 3.8) is 0 Å². The lowest BCUT2D eigenvalue weighted by atomic mass is 10.0. The minimum Gasteiger partial charge on any atom is -0.493 e. The number of benzene rings is 1. The van der Waals surface area contributed by atoms with Crippen LogP contribution in [0.25, 0.3) is 0 Å². The molecule has 1 amide bonds. The Hall–Kier alpha value is -1.91. The molecule has 0 aliphatic carbocycles. The number of amides is 1. The molecule has 1 heterocycles. The minimum absolute atomic E-state index is 0.0236. The normalized spacial score (nSPS) is 17.7. The summed E-state index contributed by atoms with van der Waals surface area (Å²) in [4.78, 5) is 14.8. The van der Waals surface area contributed by atoms with Crippen molar-refractivity contribution in [2.75, 3.05) is 27.9 Å². The van der Waals surface area contributed by atoms with E-state index in [-0.39, 0.29) is 5.91 Å². The Morgan fingerprint density at radius 1 is 1.14 bits per heavy atom. The third kappa shape index (κ3) is 2.98. The van der Waals surface area contributed by atoms with Crippen molar-refractivity contribution < 1.29 is 19.0 Å². The molecule has 0 saturated carbocycles. The maximum atomic E-state index is 12.9. The summed E-state index contributed by atoms with van der Waals surface area (Å²) in [5, 5.41) is 0. The molecule has 1 aromatic rings. The third-order valence-electron chi connectivity index (χ3n) is 4.24. The van der Waals surface area contributed by atoms with Crippen LogP contribution in [-0.4, -0.2) is 44.7 Å². The Kier molecular flexibility index (Phi) is 5.16. The van der Waals surface area contributed by atoms with Gasteiger partial charge in [-0.1, -0.05) is 13.8 Å². The van der Waals surface area contributed by atoms with E-state index in [9.17, 15) is 4.79 Å². The summed E-state index contributed by atoms with van der Waals surface area (Å²) in [6, 6.07) is 3.74. The molecule has 0 bridgehead atoms. The molecule has 5 nitrogen and oxygen atoms in total. The van der Waals surface area contributed by atoms with E-state index in [1.165, 1.54) is 0 Å². The second-order valence-corrected chi connectivity index (χ2v) is 5.87. The molecular weight excluding hydrogens is 282 g/mol. The molecule has 0 spiro atoms. The molecule has 1 fully saturated rings. The molecule has 0 N–H and O–H groups in total. The van der Waals surface area contributed by atoms with Crippen molar-refractivity contribution in [2.45, 2.75) is 32.7 Å². The highest BCUT2D eigenvalue weighted by Crippen LogP contribution is 2.39. The summed E-state index contributed by atoms with van der Waals surface area (Å²) in [6.45, 7) is 5.12. The van der Waals surface area contributed by atoms with E-state index in [0.717, 1.165) is 19.4 Å². The van der Waals surface area contributed by atoms with Gasteiger partial charge >= 0.3 is 0 Å². The summed E-state index contributed by atoms with van der Waals surface area (Å²) in [5.74, 6) is 1.99. The maximum Gasteiger partial charge on any atom is 0.254 e. The average Bonchev–Trinajstić information content (AvgIpc) is 3.02. The summed E-state index contributed by atoms with van der Waals surface area (Å²) >= 11 is 0. The number of nitrogens with zero attached hydrogens (tertiary/aromatic N) is 1. The van der Waals surface area contributed by atoms with Gasteiger partial charge in [-0.05, 0) is 30.9 Å². The van der Waals surface area contributed by atoms with Gasteiger partial charge in [0.05, 0.1) is 21.3 Å². The molecule has 5 heteroatoms. The molecule has 1 aromatic carbocycles. The summed E-state index contributed by atoms with van der Waals surface area (Å²) < 4.78 is 16.0. The van der Waals surface area contributed by atoms with Crippen molar-refractivity contribution in [1.82, 2.24) is 4.90 Å². The SMILES string of the molecule is COc1cc(C(=O)N2CCCC2C(C)C)cc(OC)c1OC. The topological polar surface area (TPSA) is 48.0 Å². The number of carbonyl (C=O) groups excluding carboxylic acids is 1. The smallest absolute Gasteiger partial charge is 0.254 e. The van der Waals surface area contributed by atoms with Crippen molar-refractivity contribution in [3.05, 3.63) is 17.7 Å². The van der Waals surface area contributed by atoms with Crippen molar-refractivity contribution in [1.29, 1.82) is 0 Å². The van der Waals surface area contributed by atoms with Gasteiger partial charge in [0.1, 0.15) is 0 Å². The number of likely N-dealkylation sites (tertiary alicyclic amines) is 1. The highest BCUT2D eigenvalue weighted by molar-refractivity contribution is 5.96. The Bertz CT molecular complexity index is 516. The molecule has 0 radical (unpaired) electrons. The molecule has 122 valence electrons. The highest BCUT2D eigenvalue weighted by Gasteiger charge is 2.32. The zero-order valence-corrected chi connectivity index (χ0v) is 14.0. The van der Waals surface area contributed by atoms with Gasteiger partial charge in [0.15, 0.2) is 11.5 Å². The molecule has 1 aliphatic rings. The van der Waals surface area contributed by atoms with Gasteiger partial charge in [-0.2, -0.15) is 0 Å². The van der Waals surface area contributed by atoms with Gasteiger partial charge in [0.2, 0.25) is 5.75 Å². The lowest BCUT2D eigenvalue weighted by Crippen LogP contribution is -2.38. The van der Waals surface area contributed by atoms with Crippen LogP contribution in [0.1, 0.15) is 37.0 Å². The summed E-state index contributed by atoms with van der Waals surface area (Å²) in [6.07, 6.45) is 2.12. The fourth-order valence-corrected chi connectivity index (χ4v) is 3.11. The van der Waals surface area contributed by atoms with Gasteiger partial charge in [-0.3, -0.25) is 4.79 Å². The highest BCUT2D eigenvalue weighted by atomic mass is 16.5. The fraction of sp³-hybridized carbons (Fsp3) is 0.588. The molecule has 22 heavy (non-hydrogen) atoms. The first-order chi connectivity index (χ1) is 10.5. The second-order valence-electron chi connectivity index (χ2n) is 5.87. The average molecular weight is 307 g/mol. The lowest BCUT2D eigenvalue weighted by molar-refractivity contribution is 0.0700. The monoisotopic (exact) mass is 307 g/mol. The standard InChI is InChI=1S/C17H25NO4/c1-11(2)13-7-6-8-18(13)17(19)12-9-14(20-3)16(22-5)15(10-12)21-4/h9-11,13H,6-8H2,1-5H3. The first kappa shape index (κ1) is 16.5. The second kappa shape index (κ2) is 6.90. The van der Waals surface area contributed by atoms with E-state index in [1.807, 2.05) is 4.90 Å². The number of carbonyl (C=O) groups is 1. The predicted octanol–water partition coefficient (Wildman–Crippen LogP) is 2.97. The fourth-order valence-electron chi connectivity index (χ4n) is 3.11. The lowest BCUT2D eigenvalue weighted by Gasteiger charge is -2.28. The van der Waals surface area contributed by atoms with Crippen LogP contribution in [0.15, 0.2) is 12.1 Å².